The summed E-state index contributed by atoms with van der Waals surface area (Å²) >= 11 is 0. The molecule has 0 atom stereocenters. The highest BCUT2D eigenvalue weighted by atomic mass is 16.5. The van der Waals surface area contributed by atoms with Gasteiger partial charge in [-0.05, 0) is 29.8 Å². The summed E-state index contributed by atoms with van der Waals surface area (Å²) in [4.78, 5) is 20.6. The second-order valence-electron chi connectivity index (χ2n) is 5.27. The monoisotopic (exact) mass is 318 g/mol. The first-order valence-electron chi connectivity index (χ1n) is 7.42. The second-order valence-corrected chi connectivity index (χ2v) is 5.27. The van der Waals surface area contributed by atoms with Gasteiger partial charge in [0, 0.05) is 30.2 Å². The molecule has 0 amide bonds. The van der Waals surface area contributed by atoms with E-state index in [1.807, 2.05) is 36.4 Å². The maximum Gasteiger partial charge on any atom is 0.272 e. The molecule has 0 aliphatic carbocycles. The highest BCUT2D eigenvalue weighted by Crippen LogP contribution is 2.34. The van der Waals surface area contributed by atoms with E-state index in [0.29, 0.717) is 5.65 Å². The summed E-state index contributed by atoms with van der Waals surface area (Å²) in [5, 5.41) is 3.16. The minimum Gasteiger partial charge on any atom is -0.497 e. The van der Waals surface area contributed by atoms with E-state index in [1.165, 1.54) is 16.8 Å². The third-order valence-corrected chi connectivity index (χ3v) is 3.87. The highest BCUT2D eigenvalue weighted by molar-refractivity contribution is 5.90. The Bertz CT molecular complexity index is 1070. The quantitative estimate of drug-likeness (QED) is 0.630. The number of aromatic amines is 1. The van der Waals surface area contributed by atoms with Gasteiger partial charge in [-0.3, -0.25) is 14.9 Å². The minimum absolute atomic E-state index is 0.163. The zero-order valence-electron chi connectivity index (χ0n) is 12.9. The minimum atomic E-state index is -0.163. The zero-order valence-corrected chi connectivity index (χ0v) is 12.9. The summed E-state index contributed by atoms with van der Waals surface area (Å²) in [6.07, 6.45) is 4.95. The Labute approximate surface area is 137 Å². The maximum atomic E-state index is 12.2. The van der Waals surface area contributed by atoms with Gasteiger partial charge in [0.15, 0.2) is 5.65 Å². The average Bonchev–Trinajstić information content (AvgIpc) is 3.03. The van der Waals surface area contributed by atoms with E-state index < -0.39 is 0 Å². The van der Waals surface area contributed by atoms with Crippen LogP contribution in [0.25, 0.3) is 28.0 Å². The largest absolute Gasteiger partial charge is 0.497 e. The lowest BCUT2D eigenvalue weighted by Gasteiger charge is -2.06. The van der Waals surface area contributed by atoms with E-state index in [1.54, 1.807) is 19.5 Å². The summed E-state index contributed by atoms with van der Waals surface area (Å²) in [7, 11) is 1.63. The molecule has 0 radical (unpaired) electrons. The van der Waals surface area contributed by atoms with Gasteiger partial charge in [-0.15, -0.1) is 0 Å². The molecule has 4 aromatic rings. The SMILES string of the molecule is COc1cccc(-c2c(-c3ccncc3)[nH]n3c(=O)ccnc23)c1. The van der Waals surface area contributed by atoms with Crippen molar-refractivity contribution in [2.45, 2.75) is 0 Å². The number of aromatic nitrogens is 4. The third kappa shape index (κ3) is 2.25. The molecular weight excluding hydrogens is 304 g/mol. The Balaban J connectivity index is 2.08. The number of H-pyrrole nitrogens is 1. The molecule has 0 bridgehead atoms. The van der Waals surface area contributed by atoms with Crippen molar-refractivity contribution in [2.75, 3.05) is 7.11 Å². The van der Waals surface area contributed by atoms with E-state index in [4.69, 9.17) is 4.74 Å². The average molecular weight is 318 g/mol. The maximum absolute atomic E-state index is 12.2. The van der Waals surface area contributed by atoms with Crippen molar-refractivity contribution >= 4 is 5.65 Å². The predicted molar refractivity (Wildman–Crippen MR) is 91.0 cm³/mol. The molecule has 1 N–H and O–H groups in total. The highest BCUT2D eigenvalue weighted by Gasteiger charge is 2.17. The summed E-state index contributed by atoms with van der Waals surface area (Å²) in [6, 6.07) is 12.9. The first-order valence-corrected chi connectivity index (χ1v) is 7.42. The van der Waals surface area contributed by atoms with Crippen molar-refractivity contribution in [3.8, 4) is 28.1 Å². The van der Waals surface area contributed by atoms with Crippen LogP contribution in [0.15, 0.2) is 65.8 Å². The Hall–Kier alpha value is -3.41. The van der Waals surface area contributed by atoms with Gasteiger partial charge >= 0.3 is 0 Å². The molecule has 6 heteroatoms. The van der Waals surface area contributed by atoms with E-state index in [-0.39, 0.29) is 5.56 Å². The fourth-order valence-corrected chi connectivity index (χ4v) is 2.75. The number of benzene rings is 1. The summed E-state index contributed by atoms with van der Waals surface area (Å²) in [5.74, 6) is 0.741. The van der Waals surface area contributed by atoms with Crippen LogP contribution in [0.3, 0.4) is 0 Å². The van der Waals surface area contributed by atoms with Gasteiger partial charge in [-0.2, -0.15) is 0 Å². The Kier molecular flexibility index (Phi) is 3.35. The van der Waals surface area contributed by atoms with Gasteiger partial charge in [0.25, 0.3) is 5.56 Å². The topological polar surface area (TPSA) is 72.3 Å². The van der Waals surface area contributed by atoms with Crippen LogP contribution in [-0.2, 0) is 0 Å². The number of fused-ring (bicyclic) bond motifs is 1. The van der Waals surface area contributed by atoms with Crippen LogP contribution < -0.4 is 10.3 Å². The number of hydrogen-bond acceptors (Lipinski definition) is 4. The lowest BCUT2D eigenvalue weighted by molar-refractivity contribution is 0.415. The molecule has 6 nitrogen and oxygen atoms in total. The van der Waals surface area contributed by atoms with Crippen molar-refractivity contribution in [3.63, 3.8) is 0 Å². The van der Waals surface area contributed by atoms with E-state index in [9.17, 15) is 4.79 Å². The smallest absolute Gasteiger partial charge is 0.272 e. The predicted octanol–water partition coefficient (Wildman–Crippen LogP) is 2.76. The van der Waals surface area contributed by atoms with Gasteiger partial charge in [-0.25, -0.2) is 9.50 Å². The number of rotatable bonds is 3. The summed E-state index contributed by atoms with van der Waals surface area (Å²) < 4.78 is 6.77. The summed E-state index contributed by atoms with van der Waals surface area (Å²) in [6.45, 7) is 0. The molecule has 0 aliphatic heterocycles. The first kappa shape index (κ1) is 14.2. The molecule has 0 unspecified atom stereocenters. The van der Waals surface area contributed by atoms with Crippen molar-refractivity contribution < 1.29 is 4.74 Å². The molecule has 24 heavy (non-hydrogen) atoms. The second kappa shape index (κ2) is 5.66. The van der Waals surface area contributed by atoms with E-state index in [2.05, 4.69) is 15.1 Å². The molecule has 118 valence electrons. The van der Waals surface area contributed by atoms with Gasteiger partial charge < -0.3 is 4.74 Å². The third-order valence-electron chi connectivity index (χ3n) is 3.87. The molecule has 4 rings (SSSR count). The standard InChI is InChI=1S/C18H14N4O2/c1-24-14-4-2-3-13(11-14)16-17(12-5-8-19-9-6-12)21-22-15(23)7-10-20-18(16)22/h2-11,21H,1H3. The molecular formula is C18H14N4O2. The fourth-order valence-electron chi connectivity index (χ4n) is 2.75. The van der Waals surface area contributed by atoms with E-state index >= 15 is 0 Å². The molecule has 3 aromatic heterocycles. The summed E-state index contributed by atoms with van der Waals surface area (Å²) in [5.41, 5.74) is 3.90. The molecule has 0 fully saturated rings. The fraction of sp³-hybridized carbons (Fsp3) is 0.0556. The van der Waals surface area contributed by atoms with Crippen molar-refractivity contribution in [1.82, 2.24) is 19.6 Å². The normalized spacial score (nSPS) is 10.9. The Morgan fingerprint density at radius 2 is 1.88 bits per heavy atom. The van der Waals surface area contributed by atoms with Crippen molar-refractivity contribution in [1.29, 1.82) is 0 Å². The number of methoxy groups -OCH3 is 1. The van der Waals surface area contributed by atoms with Gasteiger partial charge in [0.1, 0.15) is 5.75 Å². The van der Waals surface area contributed by atoms with Crippen LogP contribution in [0.4, 0.5) is 0 Å². The molecule has 0 spiro atoms. The number of hydrogen-bond donors (Lipinski definition) is 1. The Morgan fingerprint density at radius 3 is 2.67 bits per heavy atom. The van der Waals surface area contributed by atoms with Crippen LogP contribution in [0.5, 0.6) is 5.75 Å². The number of nitrogens with zero attached hydrogens (tertiary/aromatic N) is 3. The van der Waals surface area contributed by atoms with Crippen molar-refractivity contribution in [2.24, 2.45) is 0 Å². The van der Waals surface area contributed by atoms with E-state index in [0.717, 1.165) is 28.1 Å². The van der Waals surface area contributed by atoms with Gasteiger partial charge in [0.2, 0.25) is 0 Å². The molecule has 3 heterocycles. The van der Waals surface area contributed by atoms with Crippen LogP contribution in [0.2, 0.25) is 0 Å². The molecule has 0 saturated heterocycles. The molecule has 0 aliphatic rings. The number of nitrogens with one attached hydrogen (secondary N) is 1. The number of pyridine rings is 1. The van der Waals surface area contributed by atoms with Crippen molar-refractivity contribution in [3.05, 3.63) is 71.4 Å². The lowest BCUT2D eigenvalue weighted by Crippen LogP contribution is -2.12. The van der Waals surface area contributed by atoms with Gasteiger partial charge in [-0.1, -0.05) is 12.1 Å². The van der Waals surface area contributed by atoms with Crippen LogP contribution in [-0.4, -0.2) is 26.7 Å². The molecule has 1 aromatic carbocycles. The van der Waals surface area contributed by atoms with Crippen LogP contribution >= 0.6 is 0 Å². The molecule has 0 saturated carbocycles. The number of ether oxygens (including phenoxy) is 1. The van der Waals surface area contributed by atoms with Crippen LogP contribution in [0, 0.1) is 0 Å². The first-order chi connectivity index (χ1) is 11.8. The lowest BCUT2D eigenvalue weighted by atomic mass is 10.0. The van der Waals surface area contributed by atoms with Crippen LogP contribution in [0.1, 0.15) is 0 Å². The Morgan fingerprint density at radius 1 is 1.04 bits per heavy atom. The van der Waals surface area contributed by atoms with Gasteiger partial charge in [0.05, 0.1) is 18.4 Å². The zero-order chi connectivity index (χ0) is 16.5.